The summed E-state index contributed by atoms with van der Waals surface area (Å²) in [6, 6.07) is 0. The molecule has 0 fully saturated rings. The van der Waals surface area contributed by atoms with Crippen LogP contribution < -0.4 is 0 Å². The Labute approximate surface area is 146 Å². The van der Waals surface area contributed by atoms with Gasteiger partial charge >= 0.3 is 5.97 Å². The van der Waals surface area contributed by atoms with Crippen molar-refractivity contribution in [1.29, 1.82) is 0 Å². The van der Waals surface area contributed by atoms with Gasteiger partial charge in [-0.1, -0.05) is 71.1 Å². The standard InChI is InChI=1S/C20H41O2P/c1-4-5-6-7-8-9-11-14-17-20(21)22-18-15-12-10-13-16-19-23(2)3/h4-19H2,1-3H3. The fourth-order valence-corrected chi connectivity index (χ4v) is 3.58. The zero-order valence-corrected chi connectivity index (χ0v) is 17.0. The van der Waals surface area contributed by atoms with Crippen molar-refractivity contribution in [3.63, 3.8) is 0 Å². The highest BCUT2D eigenvalue weighted by atomic mass is 31.1. The van der Waals surface area contributed by atoms with Crippen LogP contribution in [0.1, 0.15) is 96.8 Å². The molecule has 0 heterocycles. The van der Waals surface area contributed by atoms with E-state index in [2.05, 4.69) is 20.3 Å². The van der Waals surface area contributed by atoms with Crippen molar-refractivity contribution in [1.82, 2.24) is 0 Å². The second-order valence-electron chi connectivity index (χ2n) is 7.02. The summed E-state index contributed by atoms with van der Waals surface area (Å²) < 4.78 is 5.31. The minimum Gasteiger partial charge on any atom is -0.466 e. The highest BCUT2D eigenvalue weighted by Gasteiger charge is 2.02. The van der Waals surface area contributed by atoms with Gasteiger partial charge < -0.3 is 4.74 Å². The number of hydrogen-bond acceptors (Lipinski definition) is 2. The highest BCUT2D eigenvalue weighted by molar-refractivity contribution is 7.55. The van der Waals surface area contributed by atoms with E-state index in [9.17, 15) is 4.79 Å². The Kier molecular flexibility index (Phi) is 18.2. The van der Waals surface area contributed by atoms with Crippen LogP contribution in [0.3, 0.4) is 0 Å². The molecule has 23 heavy (non-hydrogen) atoms. The van der Waals surface area contributed by atoms with Gasteiger partial charge in [-0.2, -0.15) is 0 Å². The number of carbonyl (C=O) groups excluding carboxylic acids is 1. The van der Waals surface area contributed by atoms with Crippen molar-refractivity contribution in [2.24, 2.45) is 0 Å². The lowest BCUT2D eigenvalue weighted by Gasteiger charge is -2.06. The van der Waals surface area contributed by atoms with Crippen molar-refractivity contribution in [3.05, 3.63) is 0 Å². The molecule has 0 aromatic carbocycles. The molecule has 0 saturated carbocycles. The van der Waals surface area contributed by atoms with Crippen LogP contribution in [-0.2, 0) is 9.53 Å². The van der Waals surface area contributed by atoms with E-state index < -0.39 is 0 Å². The van der Waals surface area contributed by atoms with Crippen molar-refractivity contribution < 1.29 is 9.53 Å². The van der Waals surface area contributed by atoms with Gasteiger partial charge in [0.2, 0.25) is 0 Å². The minimum atomic E-state index is 0.0126. The van der Waals surface area contributed by atoms with E-state index in [-0.39, 0.29) is 13.9 Å². The first kappa shape index (κ1) is 22.9. The molecule has 0 bridgehead atoms. The van der Waals surface area contributed by atoms with Gasteiger partial charge in [0.1, 0.15) is 0 Å². The first-order chi connectivity index (χ1) is 11.2. The molecule has 3 heteroatoms. The summed E-state index contributed by atoms with van der Waals surface area (Å²) in [6.07, 6.45) is 18.5. The Morgan fingerprint density at radius 3 is 1.87 bits per heavy atom. The van der Waals surface area contributed by atoms with Crippen LogP contribution in [0.5, 0.6) is 0 Å². The summed E-state index contributed by atoms with van der Waals surface area (Å²) >= 11 is 0. The predicted octanol–water partition coefficient (Wildman–Crippen LogP) is 6.75. The van der Waals surface area contributed by atoms with Gasteiger partial charge in [-0.05, 0) is 38.8 Å². The maximum atomic E-state index is 11.6. The molecule has 0 saturated heterocycles. The van der Waals surface area contributed by atoms with Crippen LogP contribution in [0, 0.1) is 0 Å². The summed E-state index contributed by atoms with van der Waals surface area (Å²) in [5, 5.41) is 0. The van der Waals surface area contributed by atoms with Gasteiger partial charge in [0.05, 0.1) is 6.61 Å². The lowest BCUT2D eigenvalue weighted by molar-refractivity contribution is -0.143. The van der Waals surface area contributed by atoms with Gasteiger partial charge in [0, 0.05) is 6.42 Å². The summed E-state index contributed by atoms with van der Waals surface area (Å²) in [6.45, 7) is 7.58. The van der Waals surface area contributed by atoms with E-state index in [1.165, 1.54) is 76.8 Å². The molecule has 0 N–H and O–H groups in total. The molecular weight excluding hydrogens is 303 g/mol. The first-order valence-electron chi connectivity index (χ1n) is 9.97. The van der Waals surface area contributed by atoms with Crippen molar-refractivity contribution in [2.45, 2.75) is 96.8 Å². The Hall–Kier alpha value is -0.100. The summed E-state index contributed by atoms with van der Waals surface area (Å²) in [4.78, 5) is 11.6. The van der Waals surface area contributed by atoms with E-state index >= 15 is 0 Å². The summed E-state index contributed by atoms with van der Waals surface area (Å²) in [5.74, 6) is 0.0126. The number of rotatable bonds is 17. The van der Waals surface area contributed by atoms with E-state index in [1.807, 2.05) is 0 Å². The first-order valence-corrected chi connectivity index (χ1v) is 12.4. The zero-order chi connectivity index (χ0) is 17.2. The molecule has 138 valence electrons. The molecule has 0 aliphatic rings. The van der Waals surface area contributed by atoms with Gasteiger partial charge in [-0.3, -0.25) is 4.79 Å². The fourth-order valence-electron chi connectivity index (χ4n) is 2.72. The minimum absolute atomic E-state index is 0.0126. The monoisotopic (exact) mass is 344 g/mol. The largest absolute Gasteiger partial charge is 0.466 e. The Balaban J connectivity index is 3.16. The van der Waals surface area contributed by atoms with Crippen LogP contribution >= 0.6 is 7.92 Å². The molecule has 2 nitrogen and oxygen atoms in total. The Morgan fingerprint density at radius 1 is 0.739 bits per heavy atom. The van der Waals surface area contributed by atoms with Crippen molar-refractivity contribution >= 4 is 13.9 Å². The third-order valence-corrected chi connectivity index (χ3v) is 5.46. The normalized spacial score (nSPS) is 11.1. The second-order valence-corrected chi connectivity index (χ2v) is 9.62. The number of esters is 1. The maximum absolute atomic E-state index is 11.6. The summed E-state index contributed by atoms with van der Waals surface area (Å²) in [5.41, 5.74) is 0. The number of ether oxygens (including phenoxy) is 1. The van der Waals surface area contributed by atoms with E-state index in [4.69, 9.17) is 4.74 Å². The molecular formula is C20H41O2P. The molecule has 0 spiro atoms. The number of unbranched alkanes of at least 4 members (excludes halogenated alkanes) is 11. The average Bonchev–Trinajstić information content (AvgIpc) is 2.52. The van der Waals surface area contributed by atoms with Gasteiger partial charge in [-0.15, -0.1) is 7.92 Å². The molecule has 0 radical (unpaired) electrons. The lowest BCUT2D eigenvalue weighted by Crippen LogP contribution is -2.05. The van der Waals surface area contributed by atoms with Crippen LogP contribution in [0.4, 0.5) is 0 Å². The molecule has 0 aliphatic heterocycles. The Bertz CT molecular complexity index is 254. The van der Waals surface area contributed by atoms with E-state index in [0.717, 1.165) is 12.8 Å². The smallest absolute Gasteiger partial charge is 0.305 e. The van der Waals surface area contributed by atoms with Gasteiger partial charge in [0.25, 0.3) is 0 Å². The lowest BCUT2D eigenvalue weighted by atomic mass is 10.1. The van der Waals surface area contributed by atoms with E-state index in [1.54, 1.807) is 0 Å². The molecule has 0 amide bonds. The molecule has 0 atom stereocenters. The topological polar surface area (TPSA) is 26.3 Å². The van der Waals surface area contributed by atoms with Crippen LogP contribution in [0.15, 0.2) is 0 Å². The quantitative estimate of drug-likeness (QED) is 0.166. The van der Waals surface area contributed by atoms with Crippen LogP contribution in [0.25, 0.3) is 0 Å². The molecule has 0 aromatic heterocycles. The Morgan fingerprint density at radius 2 is 1.26 bits per heavy atom. The fraction of sp³-hybridized carbons (Fsp3) is 0.950. The van der Waals surface area contributed by atoms with Crippen LogP contribution in [-0.4, -0.2) is 32.1 Å². The number of carbonyl (C=O) groups is 1. The average molecular weight is 345 g/mol. The van der Waals surface area contributed by atoms with Gasteiger partial charge in [-0.25, -0.2) is 0 Å². The SMILES string of the molecule is CCCCCCCCCCC(=O)OCCCCCCCP(C)C. The molecule has 0 aliphatic carbocycles. The number of hydrogen-bond donors (Lipinski definition) is 0. The molecule has 0 unspecified atom stereocenters. The second kappa shape index (κ2) is 18.2. The van der Waals surface area contributed by atoms with Crippen LogP contribution in [0.2, 0.25) is 0 Å². The third-order valence-electron chi connectivity index (χ3n) is 4.25. The van der Waals surface area contributed by atoms with E-state index in [0.29, 0.717) is 13.0 Å². The predicted molar refractivity (Wildman–Crippen MR) is 105 cm³/mol. The highest BCUT2D eigenvalue weighted by Crippen LogP contribution is 2.26. The van der Waals surface area contributed by atoms with Gasteiger partial charge in [0.15, 0.2) is 0 Å². The van der Waals surface area contributed by atoms with Crippen molar-refractivity contribution in [2.75, 3.05) is 26.1 Å². The molecule has 0 aromatic rings. The maximum Gasteiger partial charge on any atom is 0.305 e. The zero-order valence-electron chi connectivity index (χ0n) is 16.1. The molecule has 0 rings (SSSR count). The third kappa shape index (κ3) is 19.9. The summed E-state index contributed by atoms with van der Waals surface area (Å²) in [7, 11) is 0.281. The van der Waals surface area contributed by atoms with Crippen molar-refractivity contribution in [3.8, 4) is 0 Å².